The number of hydrogen-bond donors (Lipinski definition) is 3. The molecule has 1 saturated carbocycles. The average Bonchev–Trinajstić information content (AvgIpc) is 2.98. The summed E-state index contributed by atoms with van der Waals surface area (Å²) in [6.45, 7) is 4.08. The van der Waals surface area contributed by atoms with Crippen LogP contribution in [0.2, 0.25) is 0 Å². The first-order valence-corrected chi connectivity index (χ1v) is 6.19. The van der Waals surface area contributed by atoms with E-state index in [-0.39, 0.29) is 11.9 Å². The predicted octanol–water partition coefficient (Wildman–Crippen LogP) is 0.781. The summed E-state index contributed by atoms with van der Waals surface area (Å²) in [6.07, 6.45) is 4.29. The van der Waals surface area contributed by atoms with Gasteiger partial charge in [-0.15, -0.1) is 0 Å². The van der Waals surface area contributed by atoms with Crippen molar-refractivity contribution in [3.8, 4) is 0 Å². The number of carbonyl (C=O) groups excluding carboxylic acids is 1. The molecule has 0 aliphatic heterocycles. The van der Waals surface area contributed by atoms with Crippen LogP contribution < -0.4 is 11.1 Å². The van der Waals surface area contributed by atoms with Crippen molar-refractivity contribution in [2.75, 3.05) is 6.54 Å². The lowest BCUT2D eigenvalue weighted by Gasteiger charge is -2.23. The SMILES string of the molecule is CCCC(C)(O)CNC(=O)CC(N)C1CC1. The Balaban J connectivity index is 2.18. The maximum atomic E-state index is 11.5. The van der Waals surface area contributed by atoms with Crippen molar-refractivity contribution in [2.24, 2.45) is 11.7 Å². The fraction of sp³-hybridized carbons (Fsp3) is 0.917. The summed E-state index contributed by atoms with van der Waals surface area (Å²) in [5.41, 5.74) is 5.06. The molecular weight excluding hydrogens is 204 g/mol. The largest absolute Gasteiger partial charge is 0.388 e. The molecule has 0 saturated heterocycles. The fourth-order valence-corrected chi connectivity index (χ4v) is 1.89. The molecule has 0 aromatic carbocycles. The minimum absolute atomic E-state index is 0.00359. The molecule has 4 nitrogen and oxygen atoms in total. The summed E-state index contributed by atoms with van der Waals surface area (Å²) in [5, 5.41) is 12.6. The summed E-state index contributed by atoms with van der Waals surface area (Å²) in [5.74, 6) is 0.498. The molecule has 1 aliphatic carbocycles. The minimum atomic E-state index is -0.798. The number of amides is 1. The second-order valence-electron chi connectivity index (χ2n) is 5.23. The highest BCUT2D eigenvalue weighted by atomic mass is 16.3. The Hall–Kier alpha value is -0.610. The van der Waals surface area contributed by atoms with Gasteiger partial charge >= 0.3 is 0 Å². The standard InChI is InChI=1S/C12H24N2O2/c1-3-6-12(2,16)8-14-11(15)7-10(13)9-4-5-9/h9-10,16H,3-8,13H2,1-2H3,(H,14,15). The second kappa shape index (κ2) is 5.64. The monoisotopic (exact) mass is 228 g/mol. The predicted molar refractivity (Wildman–Crippen MR) is 63.9 cm³/mol. The lowest BCUT2D eigenvalue weighted by Crippen LogP contribution is -2.42. The van der Waals surface area contributed by atoms with Crippen molar-refractivity contribution in [1.82, 2.24) is 5.32 Å². The molecule has 2 unspecified atom stereocenters. The van der Waals surface area contributed by atoms with E-state index in [1.807, 2.05) is 6.92 Å². The molecule has 0 radical (unpaired) electrons. The van der Waals surface area contributed by atoms with Gasteiger partial charge in [-0.05, 0) is 32.1 Å². The van der Waals surface area contributed by atoms with Gasteiger partial charge in [-0.25, -0.2) is 0 Å². The molecule has 0 aromatic heterocycles. The first-order valence-electron chi connectivity index (χ1n) is 6.19. The molecule has 94 valence electrons. The van der Waals surface area contributed by atoms with Crippen LogP contribution in [0.3, 0.4) is 0 Å². The topological polar surface area (TPSA) is 75.3 Å². The molecule has 4 N–H and O–H groups in total. The summed E-state index contributed by atoms with van der Waals surface area (Å²) in [7, 11) is 0. The van der Waals surface area contributed by atoms with Crippen molar-refractivity contribution in [2.45, 2.75) is 57.6 Å². The fourth-order valence-electron chi connectivity index (χ4n) is 1.89. The van der Waals surface area contributed by atoms with Crippen molar-refractivity contribution < 1.29 is 9.90 Å². The molecule has 0 spiro atoms. The molecule has 0 bridgehead atoms. The van der Waals surface area contributed by atoms with Crippen LogP contribution in [0.4, 0.5) is 0 Å². The van der Waals surface area contributed by atoms with E-state index < -0.39 is 5.60 Å². The average molecular weight is 228 g/mol. The first kappa shape index (κ1) is 13.5. The number of carbonyl (C=O) groups is 1. The molecule has 1 amide bonds. The molecule has 0 aromatic rings. The van der Waals surface area contributed by atoms with E-state index in [0.29, 0.717) is 25.3 Å². The first-order chi connectivity index (χ1) is 7.44. The van der Waals surface area contributed by atoms with Crippen LogP contribution in [0.5, 0.6) is 0 Å². The molecule has 2 atom stereocenters. The van der Waals surface area contributed by atoms with E-state index in [1.165, 1.54) is 0 Å². The van der Waals surface area contributed by atoms with Crippen LogP contribution in [-0.2, 0) is 4.79 Å². The maximum Gasteiger partial charge on any atom is 0.221 e. The number of hydrogen-bond acceptors (Lipinski definition) is 3. The van der Waals surface area contributed by atoms with Gasteiger partial charge in [-0.3, -0.25) is 4.79 Å². The van der Waals surface area contributed by atoms with Crippen LogP contribution in [0.15, 0.2) is 0 Å². The van der Waals surface area contributed by atoms with E-state index in [1.54, 1.807) is 6.92 Å². The number of nitrogens with two attached hydrogens (primary N) is 1. The van der Waals surface area contributed by atoms with Crippen LogP contribution in [0, 0.1) is 5.92 Å². The third-order valence-corrected chi connectivity index (χ3v) is 3.10. The second-order valence-corrected chi connectivity index (χ2v) is 5.23. The third kappa shape index (κ3) is 4.94. The van der Waals surface area contributed by atoms with Crippen molar-refractivity contribution in [3.63, 3.8) is 0 Å². The molecular formula is C12H24N2O2. The maximum absolute atomic E-state index is 11.5. The molecule has 16 heavy (non-hydrogen) atoms. The van der Waals surface area contributed by atoms with Crippen molar-refractivity contribution >= 4 is 5.91 Å². The molecule has 4 heteroatoms. The van der Waals surface area contributed by atoms with E-state index in [9.17, 15) is 9.90 Å². The van der Waals surface area contributed by atoms with Gasteiger partial charge in [0.25, 0.3) is 0 Å². The Bertz CT molecular complexity index is 237. The molecule has 1 rings (SSSR count). The van der Waals surface area contributed by atoms with Gasteiger partial charge in [0.05, 0.1) is 5.60 Å². The Kier molecular flexibility index (Phi) is 4.74. The summed E-state index contributed by atoms with van der Waals surface area (Å²) in [6, 6.07) is -0.00359. The Morgan fingerprint density at radius 3 is 2.75 bits per heavy atom. The summed E-state index contributed by atoms with van der Waals surface area (Å²) in [4.78, 5) is 11.5. The van der Waals surface area contributed by atoms with Gasteiger partial charge in [0, 0.05) is 19.0 Å². The van der Waals surface area contributed by atoms with Crippen LogP contribution in [-0.4, -0.2) is 29.2 Å². The number of nitrogens with one attached hydrogen (secondary N) is 1. The van der Waals surface area contributed by atoms with Gasteiger partial charge in [-0.2, -0.15) is 0 Å². The third-order valence-electron chi connectivity index (χ3n) is 3.10. The zero-order valence-electron chi connectivity index (χ0n) is 10.3. The van der Waals surface area contributed by atoms with Gasteiger partial charge in [0.2, 0.25) is 5.91 Å². The molecule has 1 fully saturated rings. The molecule has 0 heterocycles. The number of aliphatic hydroxyl groups is 1. The smallest absolute Gasteiger partial charge is 0.221 e. The van der Waals surface area contributed by atoms with Crippen LogP contribution in [0.1, 0.15) is 46.0 Å². The van der Waals surface area contributed by atoms with Gasteiger partial charge in [-0.1, -0.05) is 13.3 Å². The van der Waals surface area contributed by atoms with Gasteiger partial charge < -0.3 is 16.2 Å². The highest BCUT2D eigenvalue weighted by molar-refractivity contribution is 5.76. The quantitative estimate of drug-likeness (QED) is 0.603. The lowest BCUT2D eigenvalue weighted by molar-refractivity contribution is -0.122. The van der Waals surface area contributed by atoms with Crippen LogP contribution >= 0.6 is 0 Å². The van der Waals surface area contributed by atoms with Crippen LogP contribution in [0.25, 0.3) is 0 Å². The Labute approximate surface area is 97.6 Å². The van der Waals surface area contributed by atoms with Gasteiger partial charge in [0.15, 0.2) is 0 Å². The Morgan fingerprint density at radius 2 is 2.25 bits per heavy atom. The zero-order valence-corrected chi connectivity index (χ0v) is 10.3. The van der Waals surface area contributed by atoms with E-state index in [0.717, 1.165) is 19.3 Å². The van der Waals surface area contributed by atoms with E-state index in [2.05, 4.69) is 5.32 Å². The molecule has 1 aliphatic rings. The number of rotatable bonds is 7. The van der Waals surface area contributed by atoms with Crippen molar-refractivity contribution in [3.05, 3.63) is 0 Å². The van der Waals surface area contributed by atoms with Crippen molar-refractivity contribution in [1.29, 1.82) is 0 Å². The highest BCUT2D eigenvalue weighted by Gasteiger charge is 2.30. The zero-order chi connectivity index (χ0) is 12.2. The van der Waals surface area contributed by atoms with Gasteiger partial charge in [0.1, 0.15) is 0 Å². The van der Waals surface area contributed by atoms with E-state index >= 15 is 0 Å². The lowest BCUT2D eigenvalue weighted by atomic mass is 10.0. The van der Waals surface area contributed by atoms with E-state index in [4.69, 9.17) is 5.73 Å². The normalized spacial score (nSPS) is 21.2. The highest BCUT2D eigenvalue weighted by Crippen LogP contribution is 2.32. The summed E-state index contributed by atoms with van der Waals surface area (Å²) < 4.78 is 0. The Morgan fingerprint density at radius 1 is 1.62 bits per heavy atom. The summed E-state index contributed by atoms with van der Waals surface area (Å²) >= 11 is 0. The minimum Gasteiger partial charge on any atom is -0.388 e.